The number of aryl methyl sites for hydroxylation is 2. The number of hydrogen-bond acceptors (Lipinski definition) is 2. The lowest BCUT2D eigenvalue weighted by molar-refractivity contribution is -0.997. The molecule has 3 aliphatic rings. The molecule has 0 aliphatic carbocycles. The van der Waals surface area contributed by atoms with Gasteiger partial charge in [0.2, 0.25) is 6.20 Å². The van der Waals surface area contributed by atoms with E-state index in [0.29, 0.717) is 0 Å². The van der Waals surface area contributed by atoms with E-state index in [1.54, 1.807) is 0 Å². The van der Waals surface area contributed by atoms with Crippen LogP contribution >= 0.6 is 0 Å². The standard InChI is InChI=1S/C29H21N3O2/c1-18-8-5-9-19(2)26(18)20-16-21-27-24(17-20)33-22-10-6-11-23-28(22)29(27,32-15-7-14-31(21)32)30-13-4-3-12-25(30)34-23/h3-17H,1-2H3/q+2. The van der Waals surface area contributed by atoms with Crippen molar-refractivity contribution in [2.24, 2.45) is 0 Å². The van der Waals surface area contributed by atoms with Crippen LogP contribution in [0.25, 0.3) is 16.8 Å². The van der Waals surface area contributed by atoms with Crippen LogP contribution < -0.4 is 18.7 Å². The molecule has 0 saturated carbocycles. The zero-order valence-electron chi connectivity index (χ0n) is 18.8. The molecule has 5 aromatic rings. The predicted molar refractivity (Wildman–Crippen MR) is 126 cm³/mol. The van der Waals surface area contributed by atoms with Gasteiger partial charge in [0.25, 0.3) is 0 Å². The lowest BCUT2D eigenvalue weighted by Crippen LogP contribution is -2.75. The summed E-state index contributed by atoms with van der Waals surface area (Å²) < 4.78 is 19.8. The van der Waals surface area contributed by atoms with Crippen LogP contribution in [0.4, 0.5) is 0 Å². The first-order chi connectivity index (χ1) is 16.7. The van der Waals surface area contributed by atoms with Gasteiger partial charge in [0.05, 0.1) is 12.3 Å². The minimum atomic E-state index is -0.632. The summed E-state index contributed by atoms with van der Waals surface area (Å²) in [6.07, 6.45) is 6.37. The Bertz CT molecular complexity index is 1680. The van der Waals surface area contributed by atoms with Crippen molar-refractivity contribution < 1.29 is 18.7 Å². The van der Waals surface area contributed by atoms with Crippen molar-refractivity contribution in [3.63, 3.8) is 0 Å². The van der Waals surface area contributed by atoms with Crippen LogP contribution in [0, 0.1) is 13.8 Å². The molecule has 0 radical (unpaired) electrons. The third kappa shape index (κ3) is 1.93. The molecule has 1 spiro atoms. The van der Waals surface area contributed by atoms with Crippen LogP contribution in [-0.4, -0.2) is 4.68 Å². The minimum Gasteiger partial charge on any atom is -0.455 e. The first-order valence-electron chi connectivity index (χ1n) is 11.5. The number of ether oxygens (including phenoxy) is 2. The van der Waals surface area contributed by atoms with Crippen LogP contribution in [0.1, 0.15) is 22.3 Å². The van der Waals surface area contributed by atoms with Crippen LogP contribution in [-0.2, 0) is 5.66 Å². The molecule has 5 heteroatoms. The number of aromatic nitrogens is 3. The Balaban J connectivity index is 1.55. The predicted octanol–water partition coefficient (Wildman–Crippen LogP) is 5.16. The number of benzene rings is 3. The van der Waals surface area contributed by atoms with Crippen LogP contribution in [0.2, 0.25) is 0 Å². The highest BCUT2D eigenvalue weighted by Gasteiger charge is 2.71. The lowest BCUT2D eigenvalue weighted by atomic mass is 9.83. The van der Waals surface area contributed by atoms with Crippen LogP contribution in [0.3, 0.4) is 0 Å². The molecule has 2 aromatic heterocycles. The second kappa shape index (κ2) is 5.94. The maximum atomic E-state index is 6.65. The van der Waals surface area contributed by atoms with E-state index < -0.39 is 5.66 Å². The lowest BCUT2D eigenvalue weighted by Gasteiger charge is -2.31. The van der Waals surface area contributed by atoms with Crippen LogP contribution in [0.5, 0.6) is 23.1 Å². The van der Waals surface area contributed by atoms with E-state index >= 15 is 0 Å². The summed E-state index contributed by atoms with van der Waals surface area (Å²) in [4.78, 5) is 0. The summed E-state index contributed by atoms with van der Waals surface area (Å²) in [5, 5.41) is 0. The van der Waals surface area contributed by atoms with E-state index in [4.69, 9.17) is 9.47 Å². The molecule has 0 saturated heterocycles. The number of pyridine rings is 1. The fraction of sp³-hybridized carbons (Fsp3) is 0.103. The van der Waals surface area contributed by atoms with E-state index in [0.717, 1.165) is 45.5 Å². The quantitative estimate of drug-likeness (QED) is 0.328. The number of fused-ring (bicyclic) bond motifs is 3. The Hall–Kier alpha value is -4.38. The summed E-state index contributed by atoms with van der Waals surface area (Å²) in [6.45, 7) is 4.34. The Morgan fingerprint density at radius 1 is 0.735 bits per heavy atom. The molecule has 8 rings (SSSR count). The van der Waals surface area contributed by atoms with Crippen LogP contribution in [0.15, 0.2) is 91.4 Å². The second-order valence-corrected chi connectivity index (χ2v) is 9.23. The molecule has 1 atom stereocenters. The Kier molecular flexibility index (Phi) is 3.16. The zero-order valence-corrected chi connectivity index (χ0v) is 18.8. The molecule has 0 amide bonds. The first-order valence-corrected chi connectivity index (χ1v) is 11.5. The van der Waals surface area contributed by atoms with Crippen molar-refractivity contribution in [2.75, 3.05) is 0 Å². The number of rotatable bonds is 1. The fourth-order valence-corrected chi connectivity index (χ4v) is 6.17. The Morgan fingerprint density at radius 2 is 1.53 bits per heavy atom. The molecule has 5 nitrogen and oxygen atoms in total. The second-order valence-electron chi connectivity index (χ2n) is 9.23. The summed E-state index contributed by atoms with van der Waals surface area (Å²) >= 11 is 0. The Labute approximate surface area is 196 Å². The van der Waals surface area contributed by atoms with Gasteiger partial charge in [-0.25, -0.2) is 0 Å². The van der Waals surface area contributed by atoms with Gasteiger partial charge in [-0.05, 0) is 71.1 Å². The fourth-order valence-electron chi connectivity index (χ4n) is 6.17. The van der Waals surface area contributed by atoms with Gasteiger partial charge in [-0.15, -0.1) is 4.68 Å². The third-order valence-corrected chi connectivity index (χ3v) is 7.41. The molecular weight excluding hydrogens is 422 g/mol. The van der Waals surface area contributed by atoms with E-state index in [1.807, 2.05) is 30.3 Å². The zero-order chi connectivity index (χ0) is 22.6. The summed E-state index contributed by atoms with van der Waals surface area (Å²) in [7, 11) is 0. The number of hydrogen-bond donors (Lipinski definition) is 0. The van der Waals surface area contributed by atoms with Crippen molar-refractivity contribution in [2.45, 2.75) is 19.5 Å². The largest absolute Gasteiger partial charge is 0.455 e. The molecule has 34 heavy (non-hydrogen) atoms. The summed E-state index contributed by atoms with van der Waals surface area (Å²) in [5.74, 6) is 3.31. The Morgan fingerprint density at radius 3 is 2.38 bits per heavy atom. The molecule has 0 bridgehead atoms. The highest BCUT2D eigenvalue weighted by atomic mass is 16.5. The SMILES string of the molecule is Cc1cccc(C)c1-c1cc2c3c(c1)-n1ccc[n+]1C31c3c(cccc3Oc3cccc[n+]31)O2. The molecular formula is C29H21N3O2+2. The van der Waals surface area contributed by atoms with E-state index in [9.17, 15) is 0 Å². The molecule has 0 N–H and O–H groups in total. The maximum Gasteiger partial charge on any atom is 0.452 e. The minimum absolute atomic E-state index is 0.632. The van der Waals surface area contributed by atoms with E-state index in [2.05, 4.69) is 88.8 Å². The third-order valence-electron chi connectivity index (χ3n) is 7.41. The van der Waals surface area contributed by atoms with Gasteiger partial charge in [0.15, 0.2) is 23.1 Å². The molecule has 3 aliphatic heterocycles. The van der Waals surface area contributed by atoms with Crippen molar-refractivity contribution in [3.05, 3.63) is 114 Å². The van der Waals surface area contributed by atoms with Gasteiger partial charge in [-0.3, -0.25) is 0 Å². The topological polar surface area (TPSA) is 31.1 Å². The number of nitrogens with zero attached hydrogens (tertiary/aromatic N) is 3. The molecule has 0 fully saturated rings. The highest BCUT2D eigenvalue weighted by molar-refractivity contribution is 5.78. The van der Waals surface area contributed by atoms with Crippen molar-refractivity contribution >= 4 is 0 Å². The van der Waals surface area contributed by atoms with Crippen molar-refractivity contribution in [1.82, 2.24) is 4.68 Å². The van der Waals surface area contributed by atoms with Gasteiger partial charge >= 0.3 is 11.5 Å². The van der Waals surface area contributed by atoms with E-state index in [1.165, 1.54) is 16.7 Å². The first kappa shape index (κ1) is 18.1. The summed E-state index contributed by atoms with van der Waals surface area (Å²) in [6, 6.07) is 25.2. The van der Waals surface area contributed by atoms with E-state index in [-0.39, 0.29) is 0 Å². The van der Waals surface area contributed by atoms with Gasteiger partial charge in [0, 0.05) is 12.1 Å². The monoisotopic (exact) mass is 443 g/mol. The molecule has 3 aromatic carbocycles. The summed E-state index contributed by atoms with van der Waals surface area (Å²) in [5.41, 5.74) is 7.56. The average molecular weight is 444 g/mol. The van der Waals surface area contributed by atoms with Crippen molar-refractivity contribution in [3.8, 4) is 39.9 Å². The molecule has 1 unspecified atom stereocenters. The van der Waals surface area contributed by atoms with Gasteiger partial charge in [-0.1, -0.05) is 28.8 Å². The highest BCUT2D eigenvalue weighted by Crippen LogP contribution is 2.56. The van der Waals surface area contributed by atoms with Crippen molar-refractivity contribution in [1.29, 1.82) is 0 Å². The normalized spacial score (nSPS) is 17.7. The molecule has 5 heterocycles. The van der Waals surface area contributed by atoms with Gasteiger partial charge < -0.3 is 9.47 Å². The van der Waals surface area contributed by atoms with Gasteiger partial charge in [0.1, 0.15) is 17.2 Å². The average Bonchev–Trinajstić information content (AvgIpc) is 3.42. The maximum absolute atomic E-state index is 6.65. The van der Waals surface area contributed by atoms with Gasteiger partial charge in [-0.2, -0.15) is 0 Å². The smallest absolute Gasteiger partial charge is 0.452 e. The molecule has 162 valence electrons.